The van der Waals surface area contributed by atoms with Crippen molar-refractivity contribution in [2.45, 2.75) is 19.4 Å². The normalized spacial score (nSPS) is 17.4. The maximum atomic E-state index is 12.5. The van der Waals surface area contributed by atoms with Crippen LogP contribution in [-0.4, -0.2) is 40.6 Å². The second-order valence-corrected chi connectivity index (χ2v) is 7.47. The molecule has 2 aromatic carbocycles. The zero-order valence-corrected chi connectivity index (χ0v) is 16.0. The quantitative estimate of drug-likeness (QED) is 0.691. The number of aromatic amines is 1. The van der Waals surface area contributed by atoms with Crippen molar-refractivity contribution in [2.75, 3.05) is 19.6 Å². The number of benzene rings is 2. The fraction of sp³-hybridized carbons (Fsp3) is 0.304. The summed E-state index contributed by atoms with van der Waals surface area (Å²) in [4.78, 5) is 15.0. The third kappa shape index (κ3) is 4.67. The van der Waals surface area contributed by atoms with Gasteiger partial charge in [0.2, 0.25) is 0 Å². The van der Waals surface area contributed by atoms with Crippen LogP contribution >= 0.6 is 0 Å². The summed E-state index contributed by atoms with van der Waals surface area (Å²) in [5.41, 5.74) is 3.65. The lowest BCUT2D eigenvalue weighted by atomic mass is 9.97. The highest BCUT2D eigenvalue weighted by molar-refractivity contribution is 5.93. The molecule has 0 bridgehead atoms. The summed E-state index contributed by atoms with van der Waals surface area (Å²) < 4.78 is 0. The molecule has 5 nitrogen and oxygen atoms in total. The van der Waals surface area contributed by atoms with Gasteiger partial charge in [0.1, 0.15) is 5.69 Å². The predicted molar refractivity (Wildman–Crippen MR) is 111 cm³/mol. The summed E-state index contributed by atoms with van der Waals surface area (Å²) >= 11 is 0. The lowest BCUT2D eigenvalue weighted by Gasteiger charge is -2.32. The molecule has 3 aromatic rings. The molecule has 4 rings (SSSR count). The summed E-state index contributed by atoms with van der Waals surface area (Å²) in [7, 11) is 0. The molecule has 1 aromatic heterocycles. The van der Waals surface area contributed by atoms with E-state index in [0.717, 1.165) is 37.3 Å². The van der Waals surface area contributed by atoms with Crippen molar-refractivity contribution in [3.8, 4) is 11.3 Å². The Bertz CT molecular complexity index is 891. The van der Waals surface area contributed by atoms with E-state index in [9.17, 15) is 4.79 Å². The molecule has 1 fully saturated rings. The molecule has 0 aliphatic carbocycles. The van der Waals surface area contributed by atoms with Crippen molar-refractivity contribution >= 4 is 5.91 Å². The first-order chi connectivity index (χ1) is 13.8. The van der Waals surface area contributed by atoms with Gasteiger partial charge in [-0.1, -0.05) is 60.7 Å². The van der Waals surface area contributed by atoms with Crippen LogP contribution in [0.4, 0.5) is 0 Å². The Kier molecular flexibility index (Phi) is 5.83. The van der Waals surface area contributed by atoms with Gasteiger partial charge in [-0.3, -0.25) is 14.8 Å². The van der Waals surface area contributed by atoms with Crippen molar-refractivity contribution in [3.05, 3.63) is 78.0 Å². The summed E-state index contributed by atoms with van der Waals surface area (Å²) in [5, 5.41) is 10.2. The Morgan fingerprint density at radius 1 is 1.11 bits per heavy atom. The number of likely N-dealkylation sites (tertiary alicyclic amines) is 1. The molecule has 144 valence electrons. The maximum Gasteiger partial charge on any atom is 0.269 e. The lowest BCUT2D eigenvalue weighted by molar-refractivity contribution is 0.0925. The van der Waals surface area contributed by atoms with Crippen LogP contribution in [0.1, 0.15) is 28.9 Å². The van der Waals surface area contributed by atoms with Crippen molar-refractivity contribution in [1.82, 2.24) is 20.4 Å². The smallest absolute Gasteiger partial charge is 0.269 e. The maximum absolute atomic E-state index is 12.5. The van der Waals surface area contributed by atoms with E-state index >= 15 is 0 Å². The van der Waals surface area contributed by atoms with E-state index < -0.39 is 0 Å². The number of hydrogen-bond donors (Lipinski definition) is 2. The first kappa shape index (κ1) is 18.4. The molecule has 1 amide bonds. The standard InChI is InChI=1S/C23H26N4O/c28-23(22-14-21(25-26-22)20-11-5-2-6-12-20)24-15-19-10-7-13-27(17-19)16-18-8-3-1-4-9-18/h1-6,8-9,11-12,14,19H,7,10,13,15-17H2,(H,24,28)(H,25,26). The number of nitrogens with zero attached hydrogens (tertiary/aromatic N) is 2. The second-order valence-electron chi connectivity index (χ2n) is 7.47. The summed E-state index contributed by atoms with van der Waals surface area (Å²) in [6.45, 7) is 3.82. The Balaban J connectivity index is 1.29. The van der Waals surface area contributed by atoms with Gasteiger partial charge < -0.3 is 5.32 Å². The minimum Gasteiger partial charge on any atom is -0.350 e. The van der Waals surface area contributed by atoms with Crippen LogP contribution in [0.5, 0.6) is 0 Å². The molecule has 1 unspecified atom stereocenters. The average Bonchev–Trinajstić information content (AvgIpc) is 3.24. The van der Waals surface area contributed by atoms with Crippen LogP contribution in [0.3, 0.4) is 0 Å². The van der Waals surface area contributed by atoms with E-state index in [0.29, 0.717) is 18.2 Å². The average molecular weight is 374 g/mol. The van der Waals surface area contributed by atoms with Crippen LogP contribution in [0, 0.1) is 5.92 Å². The molecule has 28 heavy (non-hydrogen) atoms. The summed E-state index contributed by atoms with van der Waals surface area (Å²) in [6, 6.07) is 22.3. The topological polar surface area (TPSA) is 61.0 Å². The minimum absolute atomic E-state index is 0.0881. The fourth-order valence-electron chi connectivity index (χ4n) is 3.83. The zero-order valence-electron chi connectivity index (χ0n) is 16.0. The van der Waals surface area contributed by atoms with Gasteiger partial charge in [0.05, 0.1) is 5.69 Å². The van der Waals surface area contributed by atoms with E-state index in [1.807, 2.05) is 36.4 Å². The van der Waals surface area contributed by atoms with Gasteiger partial charge in [0, 0.05) is 25.2 Å². The van der Waals surface area contributed by atoms with Crippen molar-refractivity contribution < 1.29 is 4.79 Å². The van der Waals surface area contributed by atoms with Crippen LogP contribution in [0.25, 0.3) is 11.3 Å². The van der Waals surface area contributed by atoms with Crippen molar-refractivity contribution in [2.24, 2.45) is 5.92 Å². The van der Waals surface area contributed by atoms with Gasteiger partial charge in [-0.15, -0.1) is 0 Å². The molecule has 2 N–H and O–H groups in total. The van der Waals surface area contributed by atoms with Crippen LogP contribution in [0.2, 0.25) is 0 Å². The second kappa shape index (κ2) is 8.85. The monoisotopic (exact) mass is 374 g/mol. The highest BCUT2D eigenvalue weighted by Gasteiger charge is 2.21. The minimum atomic E-state index is -0.0881. The van der Waals surface area contributed by atoms with Gasteiger partial charge in [-0.2, -0.15) is 5.10 Å². The van der Waals surface area contributed by atoms with Crippen LogP contribution in [0.15, 0.2) is 66.7 Å². The van der Waals surface area contributed by atoms with E-state index in [2.05, 4.69) is 50.7 Å². The number of nitrogens with one attached hydrogen (secondary N) is 2. The number of hydrogen-bond acceptors (Lipinski definition) is 3. The van der Waals surface area contributed by atoms with Crippen LogP contribution in [-0.2, 0) is 6.54 Å². The van der Waals surface area contributed by atoms with Gasteiger partial charge in [-0.05, 0) is 36.9 Å². The molecule has 0 saturated carbocycles. The number of rotatable bonds is 6. The molecule has 1 saturated heterocycles. The molecular formula is C23H26N4O. The van der Waals surface area contributed by atoms with E-state index in [4.69, 9.17) is 0 Å². The molecule has 5 heteroatoms. The fourth-order valence-corrected chi connectivity index (χ4v) is 3.83. The number of carbonyl (C=O) groups is 1. The van der Waals surface area contributed by atoms with Gasteiger partial charge in [0.25, 0.3) is 5.91 Å². The molecule has 1 aliphatic rings. The van der Waals surface area contributed by atoms with Gasteiger partial charge in [-0.25, -0.2) is 0 Å². The van der Waals surface area contributed by atoms with E-state index in [-0.39, 0.29) is 5.91 Å². The first-order valence-electron chi connectivity index (χ1n) is 9.93. The number of carbonyl (C=O) groups excluding carboxylic acids is 1. The highest BCUT2D eigenvalue weighted by Crippen LogP contribution is 2.19. The molecule has 0 spiro atoms. The Labute approximate surface area is 165 Å². The SMILES string of the molecule is O=C(NCC1CCCN(Cc2ccccc2)C1)c1cc(-c2ccccc2)n[nH]1. The van der Waals surface area contributed by atoms with E-state index in [1.165, 1.54) is 12.0 Å². The lowest BCUT2D eigenvalue weighted by Crippen LogP contribution is -2.40. The molecule has 2 heterocycles. The Morgan fingerprint density at radius 3 is 2.64 bits per heavy atom. The summed E-state index contributed by atoms with van der Waals surface area (Å²) in [6.07, 6.45) is 2.33. The number of aromatic nitrogens is 2. The molecule has 0 radical (unpaired) electrons. The third-order valence-corrected chi connectivity index (χ3v) is 5.30. The largest absolute Gasteiger partial charge is 0.350 e. The highest BCUT2D eigenvalue weighted by atomic mass is 16.1. The van der Waals surface area contributed by atoms with Gasteiger partial charge in [0.15, 0.2) is 0 Å². The van der Waals surface area contributed by atoms with Crippen LogP contribution < -0.4 is 5.32 Å². The van der Waals surface area contributed by atoms with Crippen molar-refractivity contribution in [3.63, 3.8) is 0 Å². The zero-order chi connectivity index (χ0) is 19.2. The number of H-pyrrole nitrogens is 1. The molecule has 1 atom stereocenters. The summed E-state index contributed by atoms with van der Waals surface area (Å²) in [5.74, 6) is 0.396. The molecular weight excluding hydrogens is 348 g/mol. The predicted octanol–water partition coefficient (Wildman–Crippen LogP) is 3.72. The van der Waals surface area contributed by atoms with Gasteiger partial charge >= 0.3 is 0 Å². The van der Waals surface area contributed by atoms with Crippen molar-refractivity contribution in [1.29, 1.82) is 0 Å². The number of piperidine rings is 1. The Morgan fingerprint density at radius 2 is 1.86 bits per heavy atom. The molecule has 1 aliphatic heterocycles. The Hall–Kier alpha value is -2.92. The number of amides is 1. The first-order valence-corrected chi connectivity index (χ1v) is 9.93. The van der Waals surface area contributed by atoms with E-state index in [1.54, 1.807) is 0 Å². The third-order valence-electron chi connectivity index (χ3n) is 5.30.